The van der Waals surface area contributed by atoms with Crippen molar-refractivity contribution in [2.75, 3.05) is 38.2 Å². The molecule has 1 unspecified atom stereocenters. The van der Waals surface area contributed by atoms with E-state index in [1.165, 1.54) is 18.4 Å². The number of carbonyl (C=O) groups is 1. The molecule has 7 nitrogen and oxygen atoms in total. The van der Waals surface area contributed by atoms with Gasteiger partial charge in [0.1, 0.15) is 0 Å². The molecule has 0 spiro atoms. The summed E-state index contributed by atoms with van der Waals surface area (Å²) in [6.45, 7) is 2.48. The van der Waals surface area contributed by atoms with Gasteiger partial charge in [0.15, 0.2) is 11.5 Å². The molecule has 2 N–H and O–H groups in total. The van der Waals surface area contributed by atoms with Crippen molar-refractivity contribution >= 4 is 11.6 Å². The van der Waals surface area contributed by atoms with Crippen LogP contribution in [-0.2, 0) is 11.2 Å². The predicted octanol–water partition coefficient (Wildman–Crippen LogP) is 3.26. The Morgan fingerprint density at radius 1 is 1.09 bits per heavy atom. The van der Waals surface area contributed by atoms with Gasteiger partial charge in [0.25, 0.3) is 5.91 Å². The first-order chi connectivity index (χ1) is 15.7. The molecular weight excluding hydrogens is 406 g/mol. The summed E-state index contributed by atoms with van der Waals surface area (Å²) in [6.07, 6.45) is 5.72. The Morgan fingerprint density at radius 3 is 2.59 bits per heavy atom. The number of anilines is 1. The third-order valence-corrected chi connectivity index (χ3v) is 6.50. The Hall–Kier alpha value is -2.77. The highest BCUT2D eigenvalue weighted by molar-refractivity contribution is 5.76. The average Bonchev–Trinajstić information content (AvgIpc) is 3.34. The third-order valence-electron chi connectivity index (χ3n) is 6.50. The van der Waals surface area contributed by atoms with Crippen molar-refractivity contribution in [3.8, 4) is 11.5 Å². The van der Waals surface area contributed by atoms with E-state index in [9.17, 15) is 4.79 Å². The van der Waals surface area contributed by atoms with Gasteiger partial charge in [-0.1, -0.05) is 30.3 Å². The number of hydrogen-bond donors (Lipinski definition) is 2. The number of piperazine rings is 1. The summed E-state index contributed by atoms with van der Waals surface area (Å²) in [5.74, 6) is 1.19. The van der Waals surface area contributed by atoms with Gasteiger partial charge in [0.2, 0.25) is 0 Å². The van der Waals surface area contributed by atoms with E-state index in [0.29, 0.717) is 0 Å². The highest BCUT2D eigenvalue weighted by Gasteiger charge is 2.29. The highest BCUT2D eigenvalue weighted by Crippen LogP contribution is 2.35. The number of rotatable bonds is 8. The Balaban J connectivity index is 1.52. The summed E-state index contributed by atoms with van der Waals surface area (Å²) < 4.78 is 11.8. The average molecular weight is 440 g/mol. The molecule has 2 aromatic rings. The number of hydroxylamine groups is 1. The number of methoxy groups -OCH3 is 1. The Bertz CT molecular complexity index is 886. The van der Waals surface area contributed by atoms with Crippen LogP contribution in [0.1, 0.15) is 31.2 Å². The number of nitrogens with zero attached hydrogens (tertiary/aromatic N) is 2. The third kappa shape index (κ3) is 5.53. The van der Waals surface area contributed by atoms with Gasteiger partial charge in [-0.25, -0.2) is 5.48 Å². The van der Waals surface area contributed by atoms with Crippen LogP contribution >= 0.6 is 0 Å². The first-order valence-electron chi connectivity index (χ1n) is 11.5. The second kappa shape index (κ2) is 10.7. The highest BCUT2D eigenvalue weighted by atomic mass is 16.5. The molecule has 1 saturated heterocycles. The fourth-order valence-electron chi connectivity index (χ4n) is 4.78. The minimum Gasteiger partial charge on any atom is -0.493 e. The quantitative estimate of drug-likeness (QED) is 0.486. The number of carbonyl (C=O) groups excluding carboxylic acids is 1. The lowest BCUT2D eigenvalue weighted by Gasteiger charge is -2.42. The molecule has 7 heteroatoms. The van der Waals surface area contributed by atoms with Gasteiger partial charge in [0.05, 0.1) is 19.8 Å². The molecule has 0 radical (unpaired) electrons. The summed E-state index contributed by atoms with van der Waals surface area (Å²) in [5, 5.41) is 9.01. The van der Waals surface area contributed by atoms with Crippen molar-refractivity contribution < 1.29 is 19.5 Å². The van der Waals surface area contributed by atoms with Crippen molar-refractivity contribution in [2.45, 2.75) is 44.2 Å². The molecule has 2 aromatic carbocycles. The van der Waals surface area contributed by atoms with Crippen LogP contribution in [0, 0.1) is 0 Å². The first kappa shape index (κ1) is 22.4. The fraction of sp³-hybridized carbons (Fsp3) is 0.480. The van der Waals surface area contributed by atoms with E-state index in [4.69, 9.17) is 14.7 Å². The van der Waals surface area contributed by atoms with Gasteiger partial charge >= 0.3 is 0 Å². The Morgan fingerprint density at radius 2 is 1.88 bits per heavy atom. The van der Waals surface area contributed by atoms with Crippen LogP contribution in [0.4, 0.5) is 5.69 Å². The van der Waals surface area contributed by atoms with Gasteiger partial charge in [0, 0.05) is 37.4 Å². The van der Waals surface area contributed by atoms with E-state index in [2.05, 4.69) is 34.1 Å². The lowest BCUT2D eigenvalue weighted by atomic mass is 10.0. The van der Waals surface area contributed by atoms with Crippen LogP contribution < -0.4 is 19.9 Å². The van der Waals surface area contributed by atoms with Crippen molar-refractivity contribution in [3.63, 3.8) is 0 Å². The second-order valence-electron chi connectivity index (χ2n) is 8.65. The standard InChI is InChI=1S/C25H33N3O4/c1-31-23-12-11-20(16-24(23)32-22-9-5-6-10-22)27-13-14-28(18-25(29)26-30)21(17-27)15-19-7-3-2-4-8-19/h2-4,7-8,11-12,16,21-22,30H,5-6,9-10,13-15,17-18H2,1H3,(H,26,29). The smallest absolute Gasteiger partial charge is 0.257 e. The molecule has 1 aliphatic heterocycles. The van der Waals surface area contributed by atoms with Crippen LogP contribution in [0.3, 0.4) is 0 Å². The molecule has 0 aromatic heterocycles. The predicted molar refractivity (Wildman–Crippen MR) is 124 cm³/mol. The molecule has 1 atom stereocenters. The lowest BCUT2D eigenvalue weighted by Crippen LogP contribution is -2.56. The van der Waals surface area contributed by atoms with E-state index >= 15 is 0 Å². The lowest BCUT2D eigenvalue weighted by molar-refractivity contribution is -0.131. The molecule has 1 aliphatic carbocycles. The molecule has 0 bridgehead atoms. The monoisotopic (exact) mass is 439 g/mol. The van der Waals surface area contributed by atoms with Crippen molar-refractivity contribution in [1.82, 2.24) is 10.4 Å². The topological polar surface area (TPSA) is 74.3 Å². The van der Waals surface area contributed by atoms with E-state index in [1.807, 2.05) is 24.3 Å². The summed E-state index contributed by atoms with van der Waals surface area (Å²) >= 11 is 0. The second-order valence-corrected chi connectivity index (χ2v) is 8.65. The van der Waals surface area contributed by atoms with Gasteiger partial charge in [-0.2, -0.15) is 0 Å². The SMILES string of the molecule is COc1ccc(N2CCN(CC(=O)NO)C(Cc3ccccc3)C2)cc1OC1CCCC1. The van der Waals surface area contributed by atoms with Crippen molar-refractivity contribution in [2.24, 2.45) is 0 Å². The minimum absolute atomic E-state index is 0.143. The Kier molecular flexibility index (Phi) is 7.50. The molecule has 172 valence electrons. The van der Waals surface area contributed by atoms with E-state index < -0.39 is 0 Å². The molecular formula is C25H33N3O4. The van der Waals surface area contributed by atoms with Crippen LogP contribution in [-0.4, -0.2) is 61.4 Å². The largest absolute Gasteiger partial charge is 0.493 e. The number of benzene rings is 2. The summed E-state index contributed by atoms with van der Waals surface area (Å²) in [5.41, 5.74) is 4.10. The maximum Gasteiger partial charge on any atom is 0.257 e. The molecule has 2 aliphatic rings. The fourth-order valence-corrected chi connectivity index (χ4v) is 4.78. The molecule has 1 heterocycles. The summed E-state index contributed by atoms with van der Waals surface area (Å²) in [7, 11) is 1.68. The van der Waals surface area contributed by atoms with Gasteiger partial charge in [-0.05, 0) is 49.8 Å². The Labute approximate surface area is 189 Å². The molecule has 1 amide bonds. The van der Waals surface area contributed by atoms with E-state index in [-0.39, 0.29) is 24.6 Å². The van der Waals surface area contributed by atoms with Crippen molar-refractivity contribution in [3.05, 3.63) is 54.1 Å². The van der Waals surface area contributed by atoms with E-state index in [0.717, 1.165) is 56.1 Å². The number of amides is 1. The molecule has 4 rings (SSSR count). The normalized spacial score (nSPS) is 19.7. The van der Waals surface area contributed by atoms with Crippen molar-refractivity contribution in [1.29, 1.82) is 0 Å². The summed E-state index contributed by atoms with van der Waals surface area (Å²) in [4.78, 5) is 16.4. The van der Waals surface area contributed by atoms with Crippen LogP contribution in [0.15, 0.2) is 48.5 Å². The zero-order chi connectivity index (χ0) is 22.3. The van der Waals surface area contributed by atoms with Crippen LogP contribution in [0.2, 0.25) is 0 Å². The zero-order valence-corrected chi connectivity index (χ0v) is 18.7. The molecule has 2 fully saturated rings. The minimum atomic E-state index is -0.381. The zero-order valence-electron chi connectivity index (χ0n) is 18.7. The molecule has 32 heavy (non-hydrogen) atoms. The first-order valence-corrected chi connectivity index (χ1v) is 11.5. The molecule has 1 saturated carbocycles. The number of hydrogen-bond acceptors (Lipinski definition) is 6. The maximum atomic E-state index is 11.9. The number of nitrogens with one attached hydrogen (secondary N) is 1. The van der Waals surface area contributed by atoms with Crippen LogP contribution in [0.5, 0.6) is 11.5 Å². The summed E-state index contributed by atoms with van der Waals surface area (Å²) in [6, 6.07) is 16.6. The number of ether oxygens (including phenoxy) is 2. The van der Waals surface area contributed by atoms with E-state index in [1.54, 1.807) is 12.6 Å². The van der Waals surface area contributed by atoms with Gasteiger partial charge < -0.3 is 14.4 Å². The van der Waals surface area contributed by atoms with Gasteiger partial charge in [-0.15, -0.1) is 0 Å². The van der Waals surface area contributed by atoms with Gasteiger partial charge in [-0.3, -0.25) is 14.9 Å². The van der Waals surface area contributed by atoms with Crippen LogP contribution in [0.25, 0.3) is 0 Å². The maximum absolute atomic E-state index is 11.9.